The number of hydrogen-bond donors (Lipinski definition) is 4. The molecule has 0 radical (unpaired) electrons. The summed E-state index contributed by atoms with van der Waals surface area (Å²) in [7, 11) is 0. The van der Waals surface area contributed by atoms with Gasteiger partial charge in [-0.05, 0) is 59.6 Å². The first-order valence-electron chi connectivity index (χ1n) is 12.2. The van der Waals surface area contributed by atoms with E-state index >= 15 is 0 Å². The van der Waals surface area contributed by atoms with Crippen molar-refractivity contribution in [3.05, 3.63) is 65.2 Å². The van der Waals surface area contributed by atoms with Crippen molar-refractivity contribution in [2.45, 2.75) is 70.0 Å². The molecular weight excluding hydrogens is 490 g/mol. The smallest absolute Gasteiger partial charge is 0.271 e. The number of nitrogens with one attached hydrogen (secondary N) is 1. The molecule has 2 aromatic rings. The van der Waals surface area contributed by atoms with E-state index in [1.807, 2.05) is 40.7 Å². The first-order valence-corrected chi connectivity index (χ1v) is 13.2. The molecule has 0 spiro atoms. The van der Waals surface area contributed by atoms with E-state index in [4.69, 9.17) is 5.73 Å². The standard InChI is InChI=1S/C28H37N3O5S/c1-17-19(13-10-14-21(17)32)22(33)20(15-18-11-8-7-9-12-18)28(29,36)25(35)31-16-37-27(5,6)23(31)24(34)30-26(2,3)4/h7-14,20,23,32,36H,15-16,29H2,1-6H3,(H,30,34)/t20-,23?,28+/m1/s1. The molecular formula is C28H37N3O5S. The number of aliphatic hydroxyl groups is 1. The van der Waals surface area contributed by atoms with Crippen LogP contribution in [0, 0.1) is 12.8 Å². The Balaban J connectivity index is 2.04. The van der Waals surface area contributed by atoms with Crippen LogP contribution in [0.1, 0.15) is 56.1 Å². The zero-order chi connectivity index (χ0) is 27.8. The number of carbonyl (C=O) groups is 3. The topological polar surface area (TPSA) is 133 Å². The third kappa shape index (κ3) is 6.17. The summed E-state index contributed by atoms with van der Waals surface area (Å²) in [4.78, 5) is 42.3. The third-order valence-corrected chi connectivity index (χ3v) is 7.97. The van der Waals surface area contributed by atoms with Crippen LogP contribution in [-0.4, -0.2) is 60.6 Å². The molecule has 8 nitrogen and oxygen atoms in total. The number of benzene rings is 2. The number of rotatable bonds is 7. The number of Topliss-reactive ketones (excluding diaryl/α,β-unsaturated/α-hetero) is 1. The molecule has 1 unspecified atom stereocenters. The Morgan fingerprint density at radius 2 is 1.76 bits per heavy atom. The maximum absolute atomic E-state index is 13.9. The van der Waals surface area contributed by atoms with E-state index in [2.05, 4.69) is 5.32 Å². The molecule has 1 fully saturated rings. The van der Waals surface area contributed by atoms with Crippen molar-refractivity contribution in [1.29, 1.82) is 0 Å². The zero-order valence-corrected chi connectivity index (χ0v) is 23.1. The molecule has 3 atom stereocenters. The molecule has 1 heterocycles. The highest BCUT2D eigenvalue weighted by atomic mass is 32.2. The predicted molar refractivity (Wildman–Crippen MR) is 145 cm³/mol. The second kappa shape index (κ2) is 10.5. The molecule has 5 N–H and O–H groups in total. The van der Waals surface area contributed by atoms with E-state index in [0.717, 1.165) is 0 Å². The van der Waals surface area contributed by atoms with E-state index in [9.17, 15) is 24.6 Å². The fourth-order valence-electron chi connectivity index (χ4n) is 4.59. The average Bonchev–Trinajstić information content (AvgIpc) is 3.12. The van der Waals surface area contributed by atoms with Crippen LogP contribution in [0.25, 0.3) is 0 Å². The summed E-state index contributed by atoms with van der Waals surface area (Å²) in [5.74, 6) is -3.15. The Bertz CT molecular complexity index is 1170. The molecule has 0 aromatic heterocycles. The van der Waals surface area contributed by atoms with Gasteiger partial charge in [0.25, 0.3) is 5.91 Å². The first-order chi connectivity index (χ1) is 17.1. The number of amides is 2. The number of phenols is 1. The number of ketones is 1. The number of carbonyl (C=O) groups excluding carboxylic acids is 3. The number of thioether (sulfide) groups is 1. The number of aromatic hydroxyl groups is 1. The highest BCUT2D eigenvalue weighted by Gasteiger charge is 2.55. The lowest BCUT2D eigenvalue weighted by Crippen LogP contribution is -2.66. The summed E-state index contributed by atoms with van der Waals surface area (Å²) in [5, 5.41) is 24.7. The molecule has 0 bridgehead atoms. The molecule has 0 aliphatic carbocycles. The summed E-state index contributed by atoms with van der Waals surface area (Å²) >= 11 is 1.40. The molecule has 37 heavy (non-hydrogen) atoms. The Morgan fingerprint density at radius 3 is 2.35 bits per heavy atom. The van der Waals surface area contributed by atoms with E-state index in [-0.39, 0.29) is 29.5 Å². The molecule has 1 aliphatic rings. The van der Waals surface area contributed by atoms with Crippen LogP contribution in [0.5, 0.6) is 5.75 Å². The van der Waals surface area contributed by atoms with Crippen LogP contribution >= 0.6 is 11.8 Å². The van der Waals surface area contributed by atoms with Crippen molar-refractivity contribution < 1.29 is 24.6 Å². The maximum Gasteiger partial charge on any atom is 0.271 e. The van der Waals surface area contributed by atoms with Crippen molar-refractivity contribution in [3.63, 3.8) is 0 Å². The van der Waals surface area contributed by atoms with Gasteiger partial charge in [-0.15, -0.1) is 11.8 Å². The minimum Gasteiger partial charge on any atom is -0.508 e. The second-order valence-electron chi connectivity index (χ2n) is 11.2. The van der Waals surface area contributed by atoms with Gasteiger partial charge in [0.1, 0.15) is 11.8 Å². The normalized spacial score (nSPS) is 19.7. The molecule has 3 rings (SSSR count). The fraction of sp³-hybridized carbons (Fsp3) is 0.464. The lowest BCUT2D eigenvalue weighted by Gasteiger charge is -2.38. The van der Waals surface area contributed by atoms with E-state index in [1.165, 1.54) is 34.9 Å². The monoisotopic (exact) mass is 527 g/mol. The summed E-state index contributed by atoms with van der Waals surface area (Å²) in [5.41, 5.74) is 4.42. The van der Waals surface area contributed by atoms with Gasteiger partial charge in [0.05, 0.1) is 11.8 Å². The lowest BCUT2D eigenvalue weighted by molar-refractivity contribution is -0.159. The maximum atomic E-state index is 13.9. The van der Waals surface area contributed by atoms with E-state index in [0.29, 0.717) is 11.1 Å². The van der Waals surface area contributed by atoms with E-state index in [1.54, 1.807) is 31.2 Å². The minimum absolute atomic E-state index is 0.0171. The largest absolute Gasteiger partial charge is 0.508 e. The minimum atomic E-state index is -2.62. The molecule has 9 heteroatoms. The van der Waals surface area contributed by atoms with Gasteiger partial charge in [-0.2, -0.15) is 0 Å². The number of nitrogens with zero attached hydrogens (tertiary/aromatic N) is 1. The van der Waals surface area contributed by atoms with Crippen molar-refractivity contribution in [1.82, 2.24) is 10.2 Å². The molecule has 200 valence electrons. The summed E-state index contributed by atoms with van der Waals surface area (Å²) in [6, 6.07) is 12.6. The Kier molecular flexibility index (Phi) is 8.12. The number of phenolic OH excluding ortho intramolecular Hbond substituents is 1. The van der Waals surface area contributed by atoms with Crippen molar-refractivity contribution in [2.75, 3.05) is 5.88 Å². The molecule has 1 saturated heterocycles. The van der Waals surface area contributed by atoms with Gasteiger partial charge in [0, 0.05) is 21.4 Å². The summed E-state index contributed by atoms with van der Waals surface area (Å²) in [6.45, 7) is 10.8. The van der Waals surface area contributed by atoms with Crippen molar-refractivity contribution in [3.8, 4) is 5.75 Å². The highest BCUT2D eigenvalue weighted by Crippen LogP contribution is 2.41. The van der Waals surface area contributed by atoms with Gasteiger partial charge in [-0.1, -0.05) is 42.5 Å². The van der Waals surface area contributed by atoms with Gasteiger partial charge >= 0.3 is 0 Å². The van der Waals surface area contributed by atoms with Gasteiger partial charge in [0.15, 0.2) is 5.78 Å². The second-order valence-corrected chi connectivity index (χ2v) is 12.8. The first kappa shape index (κ1) is 28.7. The Hall–Kier alpha value is -2.88. The van der Waals surface area contributed by atoms with Crippen LogP contribution in [0.2, 0.25) is 0 Å². The number of hydrogen-bond acceptors (Lipinski definition) is 7. The van der Waals surface area contributed by atoms with Crippen LogP contribution in [0.15, 0.2) is 48.5 Å². The van der Waals surface area contributed by atoms with Crippen LogP contribution in [0.3, 0.4) is 0 Å². The van der Waals surface area contributed by atoms with Crippen molar-refractivity contribution >= 4 is 29.4 Å². The highest BCUT2D eigenvalue weighted by molar-refractivity contribution is 8.00. The molecule has 0 saturated carbocycles. The van der Waals surface area contributed by atoms with Gasteiger partial charge in [0.2, 0.25) is 11.6 Å². The average molecular weight is 528 g/mol. The Morgan fingerprint density at radius 1 is 1.14 bits per heavy atom. The van der Waals surface area contributed by atoms with E-state index < -0.39 is 39.7 Å². The Labute approximate surface area is 222 Å². The SMILES string of the molecule is Cc1c(O)cccc1C(=O)[C@@H](Cc1ccccc1)[C@](N)(O)C(=O)N1CSC(C)(C)C1C(=O)NC(C)(C)C. The molecule has 2 aromatic carbocycles. The van der Waals surface area contributed by atoms with Gasteiger partial charge < -0.3 is 20.4 Å². The van der Waals surface area contributed by atoms with Crippen LogP contribution in [0.4, 0.5) is 0 Å². The van der Waals surface area contributed by atoms with Crippen LogP contribution < -0.4 is 11.1 Å². The zero-order valence-electron chi connectivity index (χ0n) is 22.2. The van der Waals surface area contributed by atoms with Gasteiger partial charge in [-0.3, -0.25) is 20.1 Å². The number of nitrogens with two attached hydrogens (primary N) is 1. The van der Waals surface area contributed by atoms with Gasteiger partial charge in [-0.25, -0.2) is 0 Å². The summed E-state index contributed by atoms with van der Waals surface area (Å²) in [6.07, 6.45) is -0.0171. The third-order valence-electron chi connectivity index (χ3n) is 6.60. The quantitative estimate of drug-likeness (QED) is 0.321. The lowest BCUT2D eigenvalue weighted by atomic mass is 9.81. The summed E-state index contributed by atoms with van der Waals surface area (Å²) < 4.78 is -0.651. The van der Waals surface area contributed by atoms with Crippen molar-refractivity contribution in [2.24, 2.45) is 11.7 Å². The van der Waals surface area contributed by atoms with Crippen LogP contribution in [-0.2, 0) is 16.0 Å². The molecule has 2 amide bonds. The predicted octanol–water partition coefficient (Wildman–Crippen LogP) is 2.98. The fourth-order valence-corrected chi connectivity index (χ4v) is 5.72. The molecule has 1 aliphatic heterocycles.